The van der Waals surface area contributed by atoms with Gasteiger partial charge in [0.2, 0.25) is 0 Å². The summed E-state index contributed by atoms with van der Waals surface area (Å²) in [6, 6.07) is 6.14. The molecule has 3 rings (SSSR count). The number of aryl methyl sites for hydroxylation is 1. The number of thiazole rings is 1. The first-order valence-electron chi connectivity index (χ1n) is 7.74. The molecule has 0 unspecified atom stereocenters. The highest BCUT2D eigenvalue weighted by molar-refractivity contribution is 7.09. The maximum atomic E-state index is 13.6. The topological polar surface area (TPSA) is 42.4 Å². The minimum absolute atomic E-state index is 0.0131. The molecule has 23 heavy (non-hydrogen) atoms. The van der Waals surface area contributed by atoms with Gasteiger partial charge in [0.05, 0.1) is 6.04 Å². The van der Waals surface area contributed by atoms with Crippen LogP contribution in [0, 0.1) is 12.7 Å². The molecule has 6 heteroatoms. The number of carbonyl (C=O) groups excluding carboxylic acids is 1. The summed E-state index contributed by atoms with van der Waals surface area (Å²) < 4.78 is 18.9. The molecule has 1 aromatic heterocycles. The summed E-state index contributed by atoms with van der Waals surface area (Å²) >= 11 is 1.59. The van der Waals surface area contributed by atoms with E-state index in [9.17, 15) is 9.18 Å². The monoisotopic (exact) mass is 334 g/mol. The molecule has 0 N–H and O–H groups in total. The Kier molecular flexibility index (Phi) is 4.91. The lowest BCUT2D eigenvalue weighted by molar-refractivity contribution is -0.137. The molecule has 1 aromatic carbocycles. The van der Waals surface area contributed by atoms with Gasteiger partial charge in [0.25, 0.3) is 5.91 Å². The van der Waals surface area contributed by atoms with E-state index in [0.717, 1.165) is 30.0 Å². The minimum Gasteiger partial charge on any atom is -0.481 e. The number of carbonyl (C=O) groups is 1. The van der Waals surface area contributed by atoms with Crippen LogP contribution in [0.25, 0.3) is 0 Å². The van der Waals surface area contributed by atoms with Gasteiger partial charge in [-0.25, -0.2) is 9.37 Å². The van der Waals surface area contributed by atoms with Gasteiger partial charge in [0.1, 0.15) is 5.01 Å². The van der Waals surface area contributed by atoms with Crippen molar-refractivity contribution in [1.29, 1.82) is 0 Å². The Morgan fingerprint density at radius 2 is 2.26 bits per heavy atom. The Bertz CT molecular complexity index is 689. The van der Waals surface area contributed by atoms with E-state index in [4.69, 9.17) is 4.74 Å². The van der Waals surface area contributed by atoms with Gasteiger partial charge >= 0.3 is 0 Å². The Morgan fingerprint density at radius 3 is 3.00 bits per heavy atom. The fourth-order valence-electron chi connectivity index (χ4n) is 2.80. The summed E-state index contributed by atoms with van der Waals surface area (Å²) in [5.74, 6) is -0.462. The van der Waals surface area contributed by atoms with E-state index in [1.54, 1.807) is 23.5 Å². The fraction of sp³-hybridized carbons (Fsp3) is 0.412. The first-order valence-corrected chi connectivity index (χ1v) is 8.62. The molecular weight excluding hydrogens is 315 g/mol. The smallest absolute Gasteiger partial charge is 0.261 e. The van der Waals surface area contributed by atoms with E-state index < -0.39 is 5.82 Å². The summed E-state index contributed by atoms with van der Waals surface area (Å²) in [6.45, 7) is 2.50. The largest absolute Gasteiger partial charge is 0.481 e. The van der Waals surface area contributed by atoms with Crippen LogP contribution in [0.1, 0.15) is 36.0 Å². The molecule has 1 aliphatic heterocycles. The minimum atomic E-state index is -0.453. The second kappa shape index (κ2) is 7.08. The average Bonchev–Trinajstić information content (AvgIpc) is 3.00. The van der Waals surface area contributed by atoms with E-state index in [1.165, 1.54) is 12.1 Å². The molecule has 1 aliphatic rings. The van der Waals surface area contributed by atoms with Crippen LogP contribution in [-0.4, -0.2) is 28.9 Å². The number of aromatic nitrogens is 1. The number of para-hydroxylation sites is 1. The number of hydrogen-bond donors (Lipinski definition) is 0. The summed E-state index contributed by atoms with van der Waals surface area (Å²) in [5, 5.41) is 2.98. The predicted molar refractivity (Wildman–Crippen MR) is 87.1 cm³/mol. The molecular formula is C17H19FN2O2S. The van der Waals surface area contributed by atoms with Gasteiger partial charge in [-0.2, -0.15) is 0 Å². The zero-order chi connectivity index (χ0) is 16.2. The molecule has 1 atom stereocenters. The maximum absolute atomic E-state index is 13.6. The third-order valence-electron chi connectivity index (χ3n) is 3.93. The number of ether oxygens (including phenoxy) is 1. The zero-order valence-corrected chi connectivity index (χ0v) is 13.8. The number of piperidine rings is 1. The molecule has 0 aliphatic carbocycles. The zero-order valence-electron chi connectivity index (χ0n) is 13.0. The fourth-order valence-corrected chi connectivity index (χ4v) is 3.74. The molecule has 1 saturated heterocycles. The van der Waals surface area contributed by atoms with Crippen molar-refractivity contribution >= 4 is 17.2 Å². The second-order valence-corrected chi connectivity index (χ2v) is 6.53. The molecule has 0 radical (unpaired) electrons. The van der Waals surface area contributed by atoms with Crippen molar-refractivity contribution in [3.05, 3.63) is 46.2 Å². The van der Waals surface area contributed by atoms with Crippen molar-refractivity contribution < 1.29 is 13.9 Å². The standard InChI is InChI=1S/C17H19FN2O2S/c1-12-11-23-17(19-12)14-7-4-5-9-20(14)16(21)10-22-15-8-3-2-6-13(15)18/h2-3,6,8,11,14H,4-5,7,9-10H2,1H3/t14-/m1/s1. The predicted octanol–water partition coefficient (Wildman–Crippen LogP) is 3.72. The van der Waals surface area contributed by atoms with Gasteiger partial charge in [-0.3, -0.25) is 4.79 Å². The van der Waals surface area contributed by atoms with Crippen molar-refractivity contribution in [1.82, 2.24) is 9.88 Å². The molecule has 0 saturated carbocycles. The molecule has 2 aromatic rings. The summed E-state index contributed by atoms with van der Waals surface area (Å²) in [4.78, 5) is 18.9. The van der Waals surface area contributed by atoms with Gasteiger partial charge in [0, 0.05) is 17.6 Å². The Balaban J connectivity index is 1.68. The van der Waals surface area contributed by atoms with Crippen molar-refractivity contribution in [3.8, 4) is 5.75 Å². The van der Waals surface area contributed by atoms with Gasteiger partial charge in [-0.15, -0.1) is 11.3 Å². The summed E-state index contributed by atoms with van der Waals surface area (Å²) in [7, 11) is 0. The van der Waals surface area contributed by atoms with Crippen LogP contribution in [0.15, 0.2) is 29.6 Å². The Morgan fingerprint density at radius 1 is 1.43 bits per heavy atom. The van der Waals surface area contributed by atoms with Gasteiger partial charge in [0.15, 0.2) is 18.2 Å². The van der Waals surface area contributed by atoms with Crippen LogP contribution in [-0.2, 0) is 4.79 Å². The lowest BCUT2D eigenvalue weighted by Gasteiger charge is -2.34. The van der Waals surface area contributed by atoms with E-state index >= 15 is 0 Å². The quantitative estimate of drug-likeness (QED) is 0.856. The molecule has 122 valence electrons. The molecule has 1 fully saturated rings. The van der Waals surface area contributed by atoms with Gasteiger partial charge in [-0.1, -0.05) is 12.1 Å². The maximum Gasteiger partial charge on any atom is 0.261 e. The van der Waals surface area contributed by atoms with E-state index in [2.05, 4.69) is 4.98 Å². The Labute approximate surface area is 138 Å². The van der Waals surface area contributed by atoms with Crippen molar-refractivity contribution in [3.63, 3.8) is 0 Å². The summed E-state index contributed by atoms with van der Waals surface area (Å²) in [5.41, 5.74) is 0.977. The second-order valence-electron chi connectivity index (χ2n) is 5.64. The Hall–Kier alpha value is -1.95. The number of benzene rings is 1. The number of hydrogen-bond acceptors (Lipinski definition) is 4. The van der Waals surface area contributed by atoms with Crippen LogP contribution in [0.3, 0.4) is 0 Å². The third-order valence-corrected chi connectivity index (χ3v) is 5.00. The first-order chi connectivity index (χ1) is 11.1. The number of halogens is 1. The van der Waals surface area contributed by atoms with E-state index in [1.807, 2.05) is 17.2 Å². The van der Waals surface area contributed by atoms with E-state index in [0.29, 0.717) is 6.54 Å². The van der Waals surface area contributed by atoms with E-state index in [-0.39, 0.29) is 24.3 Å². The van der Waals surface area contributed by atoms with Crippen LogP contribution in [0.2, 0.25) is 0 Å². The van der Waals surface area contributed by atoms with Crippen LogP contribution in [0.4, 0.5) is 4.39 Å². The first kappa shape index (κ1) is 15.9. The highest BCUT2D eigenvalue weighted by atomic mass is 32.1. The summed E-state index contributed by atoms with van der Waals surface area (Å²) in [6.07, 6.45) is 2.98. The molecule has 1 amide bonds. The number of likely N-dealkylation sites (tertiary alicyclic amines) is 1. The van der Waals surface area contributed by atoms with Crippen molar-refractivity contribution in [2.24, 2.45) is 0 Å². The highest BCUT2D eigenvalue weighted by Crippen LogP contribution is 2.32. The molecule has 2 heterocycles. The molecule has 0 spiro atoms. The van der Waals surface area contributed by atoms with Gasteiger partial charge < -0.3 is 9.64 Å². The van der Waals surface area contributed by atoms with Crippen LogP contribution in [0.5, 0.6) is 5.75 Å². The van der Waals surface area contributed by atoms with Gasteiger partial charge in [-0.05, 0) is 38.3 Å². The molecule has 0 bridgehead atoms. The normalized spacial score (nSPS) is 18.0. The molecule has 4 nitrogen and oxygen atoms in total. The lowest BCUT2D eigenvalue weighted by Crippen LogP contribution is -2.41. The van der Waals surface area contributed by atoms with Crippen molar-refractivity contribution in [2.75, 3.05) is 13.2 Å². The van der Waals surface area contributed by atoms with Crippen LogP contribution >= 0.6 is 11.3 Å². The number of amides is 1. The highest BCUT2D eigenvalue weighted by Gasteiger charge is 2.30. The average molecular weight is 334 g/mol. The van der Waals surface area contributed by atoms with Crippen molar-refractivity contribution in [2.45, 2.75) is 32.2 Å². The van der Waals surface area contributed by atoms with Crippen LogP contribution < -0.4 is 4.74 Å². The third kappa shape index (κ3) is 3.69. The number of rotatable bonds is 4. The lowest BCUT2D eigenvalue weighted by atomic mass is 10.0. The number of nitrogens with zero attached hydrogens (tertiary/aromatic N) is 2. The SMILES string of the molecule is Cc1csc([C@H]2CCCCN2C(=O)COc2ccccc2F)n1.